The van der Waals surface area contributed by atoms with Gasteiger partial charge in [-0.05, 0) is 57.9 Å². The van der Waals surface area contributed by atoms with E-state index >= 15 is 0 Å². The zero-order chi connectivity index (χ0) is 17.7. The molecule has 2 rings (SSSR count). The fraction of sp³-hybridized carbons (Fsp3) is 0.316. The maximum Gasteiger partial charge on any atom is 0.382 e. The van der Waals surface area contributed by atoms with E-state index in [4.69, 9.17) is 9.15 Å². The van der Waals surface area contributed by atoms with E-state index in [9.17, 15) is 15.0 Å². The molecular formula is C19H22O5. The lowest BCUT2D eigenvalue weighted by Crippen LogP contribution is -1.99. The number of hydrogen-bond donors (Lipinski definition) is 2. The molecule has 0 spiro atoms. The minimum atomic E-state index is -0.969. The number of allylic oxidation sites excluding steroid dienone is 3. The molecule has 0 aliphatic carbocycles. The molecule has 5 heteroatoms. The summed E-state index contributed by atoms with van der Waals surface area (Å²) in [6.07, 6.45) is 6.19. The number of aromatic hydroxyl groups is 2. The second-order valence-corrected chi connectivity index (χ2v) is 5.93. The third-order valence-corrected chi connectivity index (χ3v) is 3.60. The van der Waals surface area contributed by atoms with Crippen molar-refractivity contribution >= 4 is 11.0 Å². The van der Waals surface area contributed by atoms with Crippen molar-refractivity contribution in [2.75, 3.05) is 6.61 Å². The molecule has 1 aromatic heterocycles. The topological polar surface area (TPSA) is 79.9 Å². The molecule has 0 aliphatic heterocycles. The Hall–Kier alpha value is -2.69. The monoisotopic (exact) mass is 330 g/mol. The van der Waals surface area contributed by atoms with Gasteiger partial charge in [0.1, 0.15) is 17.9 Å². The molecule has 0 saturated carbocycles. The van der Waals surface area contributed by atoms with Crippen LogP contribution < -0.4 is 10.4 Å². The zero-order valence-corrected chi connectivity index (χ0v) is 14.1. The Kier molecular flexibility index (Phi) is 5.68. The highest BCUT2D eigenvalue weighted by Gasteiger charge is 2.13. The lowest BCUT2D eigenvalue weighted by molar-refractivity contribution is 0.360. The van der Waals surface area contributed by atoms with Crippen LogP contribution in [0.25, 0.3) is 11.0 Å². The van der Waals surface area contributed by atoms with Gasteiger partial charge in [-0.1, -0.05) is 17.2 Å². The molecule has 0 radical (unpaired) electrons. The van der Waals surface area contributed by atoms with Crippen molar-refractivity contribution < 1.29 is 19.4 Å². The Balaban J connectivity index is 2.06. The fourth-order valence-electron chi connectivity index (χ4n) is 2.22. The van der Waals surface area contributed by atoms with Gasteiger partial charge < -0.3 is 19.4 Å². The van der Waals surface area contributed by atoms with E-state index in [0.717, 1.165) is 12.8 Å². The number of rotatable bonds is 6. The molecule has 0 unspecified atom stereocenters. The Bertz CT molecular complexity index is 839. The number of fused-ring (bicyclic) bond motifs is 1. The van der Waals surface area contributed by atoms with E-state index in [0.29, 0.717) is 12.4 Å². The molecule has 0 atom stereocenters. The lowest BCUT2D eigenvalue weighted by atomic mass is 10.1. The van der Waals surface area contributed by atoms with E-state index in [2.05, 4.69) is 26.8 Å². The first-order valence-electron chi connectivity index (χ1n) is 7.79. The highest BCUT2D eigenvalue weighted by atomic mass is 16.5. The standard InChI is InChI=1S/C19H22O5/c1-12(2)5-4-6-13(3)9-10-23-14-7-8-16-15(11-14)17(20)18(21)19(22)24-16/h5,7-9,11,20-21H,4,6,10H2,1-3H3. The molecule has 1 heterocycles. The summed E-state index contributed by atoms with van der Waals surface area (Å²) in [6.45, 7) is 6.62. The Morgan fingerprint density at radius 2 is 1.92 bits per heavy atom. The van der Waals surface area contributed by atoms with Gasteiger partial charge in [-0.25, -0.2) is 4.79 Å². The van der Waals surface area contributed by atoms with Crippen LogP contribution in [0.5, 0.6) is 17.2 Å². The van der Waals surface area contributed by atoms with Gasteiger partial charge in [-0.2, -0.15) is 0 Å². The summed E-state index contributed by atoms with van der Waals surface area (Å²) >= 11 is 0. The Morgan fingerprint density at radius 1 is 1.17 bits per heavy atom. The van der Waals surface area contributed by atoms with Gasteiger partial charge in [0, 0.05) is 0 Å². The maximum absolute atomic E-state index is 11.3. The van der Waals surface area contributed by atoms with E-state index in [1.807, 2.05) is 6.08 Å². The minimum Gasteiger partial charge on any atom is -0.504 e. The summed E-state index contributed by atoms with van der Waals surface area (Å²) in [5, 5.41) is 19.5. The van der Waals surface area contributed by atoms with Crippen molar-refractivity contribution in [2.24, 2.45) is 0 Å². The van der Waals surface area contributed by atoms with Crippen LogP contribution >= 0.6 is 0 Å². The molecule has 0 fully saturated rings. The first kappa shape index (κ1) is 17.7. The molecule has 0 aliphatic rings. The molecular weight excluding hydrogens is 308 g/mol. The van der Waals surface area contributed by atoms with Gasteiger partial charge in [0.05, 0.1) is 5.39 Å². The normalized spacial score (nSPS) is 11.5. The van der Waals surface area contributed by atoms with E-state index in [1.54, 1.807) is 6.07 Å². The maximum atomic E-state index is 11.3. The van der Waals surface area contributed by atoms with Gasteiger partial charge in [-0.15, -0.1) is 0 Å². The number of benzene rings is 1. The Labute approximate surface area is 140 Å². The van der Waals surface area contributed by atoms with Gasteiger partial charge in [-0.3, -0.25) is 0 Å². The van der Waals surface area contributed by atoms with Crippen LogP contribution in [0.15, 0.2) is 50.7 Å². The second-order valence-electron chi connectivity index (χ2n) is 5.93. The van der Waals surface area contributed by atoms with Gasteiger partial charge in [0.2, 0.25) is 5.75 Å². The number of ether oxygens (including phenoxy) is 1. The summed E-state index contributed by atoms with van der Waals surface area (Å²) in [7, 11) is 0. The molecule has 0 bridgehead atoms. The second kappa shape index (κ2) is 7.73. The predicted molar refractivity (Wildman–Crippen MR) is 93.7 cm³/mol. The molecule has 2 N–H and O–H groups in total. The molecule has 1 aromatic carbocycles. The molecule has 5 nitrogen and oxygen atoms in total. The van der Waals surface area contributed by atoms with Gasteiger partial charge in [0.15, 0.2) is 5.75 Å². The molecule has 2 aromatic rings. The highest BCUT2D eigenvalue weighted by molar-refractivity contribution is 5.86. The van der Waals surface area contributed by atoms with Crippen molar-refractivity contribution in [3.63, 3.8) is 0 Å². The molecule has 0 saturated heterocycles. The Morgan fingerprint density at radius 3 is 2.62 bits per heavy atom. The molecule has 0 amide bonds. The molecule has 128 valence electrons. The van der Waals surface area contributed by atoms with Crippen LogP contribution in [-0.4, -0.2) is 16.8 Å². The highest BCUT2D eigenvalue weighted by Crippen LogP contribution is 2.32. The summed E-state index contributed by atoms with van der Waals surface area (Å²) in [5.74, 6) is -0.783. The lowest BCUT2D eigenvalue weighted by Gasteiger charge is -2.07. The van der Waals surface area contributed by atoms with Gasteiger partial charge >= 0.3 is 5.63 Å². The smallest absolute Gasteiger partial charge is 0.382 e. The first-order valence-corrected chi connectivity index (χ1v) is 7.79. The first-order chi connectivity index (χ1) is 11.4. The van der Waals surface area contributed by atoms with Crippen LogP contribution in [-0.2, 0) is 0 Å². The number of hydrogen-bond acceptors (Lipinski definition) is 5. The van der Waals surface area contributed by atoms with Crippen LogP contribution in [0.2, 0.25) is 0 Å². The minimum absolute atomic E-state index is 0.191. The van der Waals surface area contributed by atoms with Crippen molar-refractivity contribution in [3.05, 3.63) is 51.9 Å². The van der Waals surface area contributed by atoms with Crippen molar-refractivity contribution in [3.8, 4) is 17.2 Å². The van der Waals surface area contributed by atoms with Crippen LogP contribution in [0.3, 0.4) is 0 Å². The average Bonchev–Trinajstić information content (AvgIpc) is 2.53. The van der Waals surface area contributed by atoms with Crippen molar-refractivity contribution in [1.29, 1.82) is 0 Å². The van der Waals surface area contributed by atoms with E-state index < -0.39 is 17.1 Å². The van der Waals surface area contributed by atoms with Crippen LogP contribution in [0, 0.1) is 0 Å². The van der Waals surface area contributed by atoms with Crippen molar-refractivity contribution in [2.45, 2.75) is 33.6 Å². The van der Waals surface area contributed by atoms with Crippen LogP contribution in [0.4, 0.5) is 0 Å². The summed E-state index contributed by atoms with van der Waals surface area (Å²) in [6, 6.07) is 4.70. The third-order valence-electron chi connectivity index (χ3n) is 3.60. The predicted octanol–water partition coefficient (Wildman–Crippen LogP) is 4.28. The zero-order valence-electron chi connectivity index (χ0n) is 14.1. The summed E-state index contributed by atoms with van der Waals surface area (Å²) < 4.78 is 10.5. The molecule has 24 heavy (non-hydrogen) atoms. The third kappa shape index (κ3) is 4.41. The summed E-state index contributed by atoms with van der Waals surface area (Å²) in [5.41, 5.74) is 1.77. The fourth-order valence-corrected chi connectivity index (χ4v) is 2.22. The van der Waals surface area contributed by atoms with Gasteiger partial charge in [0.25, 0.3) is 0 Å². The summed E-state index contributed by atoms with van der Waals surface area (Å²) in [4.78, 5) is 11.3. The van der Waals surface area contributed by atoms with Crippen LogP contribution in [0.1, 0.15) is 33.6 Å². The quantitative estimate of drug-likeness (QED) is 0.610. The van der Waals surface area contributed by atoms with E-state index in [-0.39, 0.29) is 11.0 Å². The SMILES string of the molecule is CC(C)=CCCC(C)=CCOc1ccc2oc(=O)c(O)c(O)c2c1. The van der Waals surface area contributed by atoms with E-state index in [1.165, 1.54) is 23.3 Å². The average molecular weight is 330 g/mol. The van der Waals surface area contributed by atoms with Crippen molar-refractivity contribution in [1.82, 2.24) is 0 Å². The largest absolute Gasteiger partial charge is 0.504 e.